The quantitative estimate of drug-likeness (QED) is 0.252. The molecule has 5 atom stereocenters. The molecule has 0 aromatic heterocycles. The molecule has 0 unspecified atom stereocenters. The van der Waals surface area contributed by atoms with Gasteiger partial charge in [0, 0.05) is 0 Å². The van der Waals surface area contributed by atoms with Gasteiger partial charge in [-0.05, 0) is 41.8 Å². The molecule has 0 radical (unpaired) electrons. The van der Waals surface area contributed by atoms with Crippen LogP contribution in [0.4, 0.5) is 0 Å². The number of aliphatic hydroxyl groups is 4. The van der Waals surface area contributed by atoms with Crippen molar-refractivity contribution < 1.29 is 54.0 Å². The van der Waals surface area contributed by atoms with Gasteiger partial charge in [0.1, 0.15) is 24.4 Å². The van der Waals surface area contributed by atoms with Crippen LogP contribution in [0, 0.1) is 0 Å². The Morgan fingerprint density at radius 3 is 2.19 bits per heavy atom. The fourth-order valence-corrected chi connectivity index (χ4v) is 3.80. The number of hydrogen-bond acceptors (Lipinski definition) is 11. The molecule has 1 aliphatic heterocycles. The first-order valence-electron chi connectivity index (χ1n) is 11.7. The van der Waals surface area contributed by atoms with Crippen LogP contribution in [0.25, 0.3) is 6.08 Å². The van der Waals surface area contributed by atoms with E-state index in [4.69, 9.17) is 28.4 Å². The van der Waals surface area contributed by atoms with E-state index in [1.807, 2.05) is 12.2 Å². The molecule has 1 heterocycles. The summed E-state index contributed by atoms with van der Waals surface area (Å²) in [6.45, 7) is 0.203. The Hall–Kier alpha value is -3.06. The van der Waals surface area contributed by atoms with E-state index < -0.39 is 37.3 Å². The number of methoxy groups -OCH3 is 3. The Kier molecular flexibility index (Phi) is 10.4. The third-order valence-corrected chi connectivity index (χ3v) is 5.87. The number of benzene rings is 2. The van der Waals surface area contributed by atoms with E-state index in [2.05, 4.69) is 0 Å². The molecule has 0 bridgehead atoms. The first-order valence-corrected chi connectivity index (χ1v) is 11.7. The fourth-order valence-electron chi connectivity index (χ4n) is 3.80. The number of ether oxygens (including phenoxy) is 6. The standard InChI is InChI=1S/C26H34O11/c1-32-18-11-15(6-7-17(18)28)5-4-9-35-10-8-16-12-19(33-2)25(20(13-16)34-3)37-26-24(31)23(30)22(29)21(14-27)36-26/h4-7,11-13,21-24,26-31H,8-10,14H2,1-3H3/b5-4+/t21-,22-,23+,24-,26+/m1/s1. The van der Waals surface area contributed by atoms with Crippen LogP contribution in [0.2, 0.25) is 0 Å². The summed E-state index contributed by atoms with van der Waals surface area (Å²) in [6, 6.07) is 8.50. The average molecular weight is 523 g/mol. The predicted octanol–water partition coefficient (Wildman–Crippen LogP) is 0.869. The maximum atomic E-state index is 10.3. The maximum Gasteiger partial charge on any atom is 0.229 e. The lowest BCUT2D eigenvalue weighted by Gasteiger charge is -2.39. The van der Waals surface area contributed by atoms with Crippen LogP contribution in [-0.4, -0.2) is 97.4 Å². The molecular formula is C26H34O11. The number of rotatable bonds is 12. The SMILES string of the molecule is COc1cc(/C=C/COCCc2cc(OC)c(O[C@@H]3O[C@H](CO)[C@@H](O)[C@H](O)[C@H]3O)c(OC)c2)ccc1O. The highest BCUT2D eigenvalue weighted by Crippen LogP contribution is 2.40. The lowest BCUT2D eigenvalue weighted by molar-refractivity contribution is -0.277. The van der Waals surface area contributed by atoms with Gasteiger partial charge in [-0.25, -0.2) is 0 Å². The molecule has 11 heteroatoms. The van der Waals surface area contributed by atoms with Crippen molar-refractivity contribution >= 4 is 6.08 Å². The highest BCUT2D eigenvalue weighted by atomic mass is 16.7. The van der Waals surface area contributed by atoms with Crippen molar-refractivity contribution in [3.05, 3.63) is 47.5 Å². The molecule has 1 aliphatic rings. The van der Waals surface area contributed by atoms with Crippen molar-refractivity contribution in [3.63, 3.8) is 0 Å². The lowest BCUT2D eigenvalue weighted by atomic mass is 9.99. The molecule has 0 saturated carbocycles. The highest BCUT2D eigenvalue weighted by molar-refractivity contribution is 5.56. The van der Waals surface area contributed by atoms with Crippen LogP contribution in [0.1, 0.15) is 11.1 Å². The van der Waals surface area contributed by atoms with Crippen molar-refractivity contribution in [2.75, 3.05) is 41.2 Å². The molecule has 11 nitrogen and oxygen atoms in total. The average Bonchev–Trinajstić information content (AvgIpc) is 2.91. The summed E-state index contributed by atoms with van der Waals surface area (Å²) in [4.78, 5) is 0. The zero-order valence-corrected chi connectivity index (χ0v) is 20.9. The first kappa shape index (κ1) is 28.5. The number of phenols is 1. The van der Waals surface area contributed by atoms with E-state index >= 15 is 0 Å². The Labute approximate surface area is 215 Å². The molecule has 3 rings (SSSR count). The number of aliphatic hydroxyl groups excluding tert-OH is 4. The molecule has 0 aliphatic carbocycles. The van der Waals surface area contributed by atoms with Gasteiger partial charge in [-0.2, -0.15) is 0 Å². The van der Waals surface area contributed by atoms with Gasteiger partial charge in [-0.15, -0.1) is 0 Å². The lowest BCUT2D eigenvalue weighted by Crippen LogP contribution is -2.60. The summed E-state index contributed by atoms with van der Waals surface area (Å²) >= 11 is 0. The van der Waals surface area contributed by atoms with E-state index in [-0.39, 0.29) is 11.5 Å². The zero-order valence-electron chi connectivity index (χ0n) is 20.9. The first-order chi connectivity index (χ1) is 17.8. The fraction of sp³-hybridized carbons (Fsp3) is 0.462. The molecular weight excluding hydrogens is 488 g/mol. The molecule has 0 amide bonds. The number of hydrogen-bond donors (Lipinski definition) is 5. The summed E-state index contributed by atoms with van der Waals surface area (Å²) in [5, 5.41) is 49.4. The van der Waals surface area contributed by atoms with Crippen LogP contribution < -0.4 is 18.9 Å². The number of aromatic hydroxyl groups is 1. The van der Waals surface area contributed by atoms with Crippen LogP contribution in [0.15, 0.2) is 36.4 Å². The van der Waals surface area contributed by atoms with Crippen molar-refractivity contribution in [1.82, 2.24) is 0 Å². The predicted molar refractivity (Wildman–Crippen MR) is 132 cm³/mol. The van der Waals surface area contributed by atoms with Gasteiger partial charge in [0.05, 0.1) is 41.2 Å². The van der Waals surface area contributed by atoms with E-state index in [1.54, 1.807) is 30.3 Å². The molecule has 204 valence electrons. The molecule has 1 saturated heterocycles. The van der Waals surface area contributed by atoms with E-state index in [0.717, 1.165) is 11.1 Å². The number of phenolic OH excluding ortho intramolecular Hbond substituents is 1. The Balaban J connectivity index is 1.61. The van der Waals surface area contributed by atoms with E-state index in [0.29, 0.717) is 36.9 Å². The van der Waals surface area contributed by atoms with Crippen molar-refractivity contribution in [3.8, 4) is 28.7 Å². The van der Waals surface area contributed by atoms with Crippen molar-refractivity contribution in [2.24, 2.45) is 0 Å². The smallest absolute Gasteiger partial charge is 0.229 e. The molecule has 1 fully saturated rings. The molecule has 2 aromatic rings. The van der Waals surface area contributed by atoms with Gasteiger partial charge in [0.15, 0.2) is 23.0 Å². The normalized spacial score (nSPS) is 23.7. The second-order valence-electron chi connectivity index (χ2n) is 8.30. The van der Waals surface area contributed by atoms with Crippen LogP contribution in [0.3, 0.4) is 0 Å². The van der Waals surface area contributed by atoms with Crippen molar-refractivity contribution in [2.45, 2.75) is 37.1 Å². The summed E-state index contributed by atoms with van der Waals surface area (Å²) < 4.78 is 32.9. The van der Waals surface area contributed by atoms with Gasteiger partial charge in [0.2, 0.25) is 12.0 Å². The van der Waals surface area contributed by atoms with Gasteiger partial charge >= 0.3 is 0 Å². The van der Waals surface area contributed by atoms with Gasteiger partial charge < -0.3 is 54.0 Å². The third kappa shape index (κ3) is 7.04. The van der Waals surface area contributed by atoms with Gasteiger partial charge in [-0.1, -0.05) is 18.2 Å². The second kappa shape index (κ2) is 13.5. The second-order valence-corrected chi connectivity index (χ2v) is 8.30. The molecule has 2 aromatic carbocycles. The Bertz CT molecular complexity index is 1010. The zero-order chi connectivity index (χ0) is 26.9. The maximum absolute atomic E-state index is 10.3. The molecule has 37 heavy (non-hydrogen) atoms. The molecule has 0 spiro atoms. The Morgan fingerprint density at radius 2 is 1.57 bits per heavy atom. The van der Waals surface area contributed by atoms with Gasteiger partial charge in [-0.3, -0.25) is 0 Å². The van der Waals surface area contributed by atoms with E-state index in [9.17, 15) is 25.5 Å². The highest BCUT2D eigenvalue weighted by Gasteiger charge is 2.45. The minimum Gasteiger partial charge on any atom is -0.504 e. The van der Waals surface area contributed by atoms with Crippen LogP contribution in [0.5, 0.6) is 28.7 Å². The van der Waals surface area contributed by atoms with E-state index in [1.165, 1.54) is 21.3 Å². The third-order valence-electron chi connectivity index (χ3n) is 5.87. The minimum atomic E-state index is -1.57. The summed E-state index contributed by atoms with van der Waals surface area (Å²) in [5.74, 6) is 1.20. The summed E-state index contributed by atoms with van der Waals surface area (Å²) in [6.07, 6.45) is -2.89. The van der Waals surface area contributed by atoms with Crippen molar-refractivity contribution in [1.29, 1.82) is 0 Å². The van der Waals surface area contributed by atoms with Crippen LogP contribution in [-0.2, 0) is 15.9 Å². The molecule has 5 N–H and O–H groups in total. The minimum absolute atomic E-state index is 0.0753. The monoisotopic (exact) mass is 522 g/mol. The summed E-state index contributed by atoms with van der Waals surface area (Å²) in [5.41, 5.74) is 1.70. The van der Waals surface area contributed by atoms with Gasteiger partial charge in [0.25, 0.3) is 0 Å². The largest absolute Gasteiger partial charge is 0.504 e. The topological polar surface area (TPSA) is 157 Å². The van der Waals surface area contributed by atoms with Crippen LogP contribution >= 0.6 is 0 Å². The summed E-state index contributed by atoms with van der Waals surface area (Å²) in [7, 11) is 4.38. The Morgan fingerprint density at radius 1 is 0.892 bits per heavy atom.